The second-order valence-corrected chi connectivity index (χ2v) is 12.2. The van der Waals surface area contributed by atoms with E-state index < -0.39 is 37.4 Å². The van der Waals surface area contributed by atoms with Crippen LogP contribution in [0.3, 0.4) is 0 Å². The number of sulfonamides is 1. The van der Waals surface area contributed by atoms with Crippen molar-refractivity contribution in [2.24, 2.45) is 14.8 Å². The number of rotatable bonds is 5. The third-order valence-corrected chi connectivity index (χ3v) is 7.50. The lowest BCUT2D eigenvalue weighted by Crippen LogP contribution is -2.32. The van der Waals surface area contributed by atoms with Gasteiger partial charge >= 0.3 is 10.2 Å². The number of aromatic hydroxyl groups is 1. The van der Waals surface area contributed by atoms with Crippen molar-refractivity contribution in [3.63, 3.8) is 0 Å². The summed E-state index contributed by atoms with van der Waals surface area (Å²) in [5, 5.41) is 13.3. The van der Waals surface area contributed by atoms with E-state index in [1.807, 2.05) is 20.8 Å². The highest BCUT2D eigenvalue weighted by molar-refractivity contribution is 7.89. The lowest BCUT2D eigenvalue weighted by Gasteiger charge is -2.26. The molecule has 1 atom stereocenters. The van der Waals surface area contributed by atoms with E-state index in [2.05, 4.69) is 19.4 Å². The van der Waals surface area contributed by atoms with Gasteiger partial charge in [0.15, 0.2) is 17.4 Å². The molecule has 3 rings (SSSR count). The molecule has 13 heteroatoms. The molecule has 1 aromatic heterocycles. The Bertz CT molecular complexity index is 1340. The smallest absolute Gasteiger partial charge is 0.345 e. The van der Waals surface area contributed by atoms with E-state index in [9.17, 15) is 21.9 Å². The molecule has 11 nitrogen and oxygen atoms in total. The van der Waals surface area contributed by atoms with Crippen LogP contribution in [0.5, 0.6) is 5.75 Å². The number of hydrogen-bond acceptors (Lipinski definition) is 8. The van der Waals surface area contributed by atoms with Crippen molar-refractivity contribution < 1.29 is 26.4 Å². The highest BCUT2D eigenvalue weighted by Crippen LogP contribution is 2.38. The second kappa shape index (κ2) is 8.47. The molecule has 2 heterocycles. The first-order valence-electron chi connectivity index (χ1n) is 9.90. The molecular weight excluding hydrogens is 470 g/mol. The van der Waals surface area contributed by atoms with E-state index in [1.54, 1.807) is 19.1 Å². The van der Waals surface area contributed by atoms with E-state index in [4.69, 9.17) is 4.42 Å². The largest absolute Gasteiger partial charge is 0.504 e. The number of benzene rings is 1. The Morgan fingerprint density at radius 3 is 2.42 bits per heavy atom. The topological polar surface area (TPSA) is 154 Å². The molecule has 3 N–H and O–H groups in total. The Kier molecular flexibility index (Phi) is 6.35. The lowest BCUT2D eigenvalue weighted by molar-refractivity contribution is 0.284. The van der Waals surface area contributed by atoms with Crippen molar-refractivity contribution >= 4 is 37.6 Å². The van der Waals surface area contributed by atoms with E-state index in [1.165, 1.54) is 32.3 Å². The minimum atomic E-state index is -4.09. The maximum absolute atomic E-state index is 12.5. The number of phenolic OH excluding ortho intramolecular Hbond substituents is 1. The number of aliphatic imine (C=N–C) groups is 1. The summed E-state index contributed by atoms with van der Waals surface area (Å²) in [7, 11) is -5.37. The average Bonchev–Trinajstić information content (AvgIpc) is 3.22. The van der Waals surface area contributed by atoms with Gasteiger partial charge in [0, 0.05) is 14.1 Å². The number of anilines is 1. The number of hydrogen-bond donors (Lipinski definition) is 3. The van der Waals surface area contributed by atoms with Crippen LogP contribution in [0.1, 0.15) is 38.3 Å². The molecule has 0 spiro atoms. The van der Waals surface area contributed by atoms with Crippen LogP contribution >= 0.6 is 0 Å². The number of nitrogens with one attached hydrogen (secondary N) is 2. The average molecular weight is 498 g/mol. The quantitative estimate of drug-likeness (QED) is 0.536. The monoisotopic (exact) mass is 497 g/mol. The maximum atomic E-state index is 12.5. The van der Waals surface area contributed by atoms with Crippen molar-refractivity contribution in [1.82, 2.24) is 9.03 Å². The number of nitrogens with zero attached hydrogens (tertiary/aromatic N) is 3. The number of furan rings is 1. The molecule has 33 heavy (non-hydrogen) atoms. The van der Waals surface area contributed by atoms with Gasteiger partial charge in [0.2, 0.25) is 10.0 Å². The zero-order valence-corrected chi connectivity index (χ0v) is 20.7. The van der Waals surface area contributed by atoms with Crippen molar-refractivity contribution in [2.75, 3.05) is 19.4 Å². The molecule has 0 fully saturated rings. The van der Waals surface area contributed by atoms with Crippen molar-refractivity contribution in [1.29, 1.82) is 0 Å². The molecule has 0 aliphatic carbocycles. The standard InChI is InChI=1S/C20H27N5O6S2/c1-12-10-11-14(31-12)17(20(2,3)4)22-19-18(23-33(29,30)24-19)21-13-8-7-9-15(16(13)26)32(27,28)25(5)6/h7-11,17,26H,1-6H3,(H,21,23)(H,22,24)/t17-/m0/s1. The molecule has 2 aromatic rings. The second-order valence-electron chi connectivity index (χ2n) is 8.78. The fraction of sp³-hybridized carbons (Fsp3) is 0.400. The first kappa shape index (κ1) is 24.7. The predicted molar refractivity (Wildman–Crippen MR) is 125 cm³/mol. The summed E-state index contributed by atoms with van der Waals surface area (Å²) in [5.74, 6) is 0.361. The minimum absolute atomic E-state index is 0.0515. The third kappa shape index (κ3) is 5.20. The van der Waals surface area contributed by atoms with Crippen molar-refractivity contribution in [3.8, 4) is 5.75 Å². The predicted octanol–water partition coefficient (Wildman–Crippen LogP) is 2.39. The fourth-order valence-corrected chi connectivity index (χ4v) is 4.91. The molecule has 1 aliphatic heterocycles. The number of phenols is 1. The van der Waals surface area contributed by atoms with E-state index in [0.717, 1.165) is 4.31 Å². The summed E-state index contributed by atoms with van der Waals surface area (Å²) in [4.78, 5) is 4.22. The summed E-state index contributed by atoms with van der Waals surface area (Å²) < 4.78 is 62.0. The SMILES string of the molecule is Cc1ccc([C@H](N=C2NS(=O)(=O)N=C2Nc2cccc(S(=O)(=O)N(C)C)c2O)C(C)(C)C)o1. The van der Waals surface area contributed by atoms with Crippen LogP contribution in [0.4, 0.5) is 5.69 Å². The summed E-state index contributed by atoms with van der Waals surface area (Å²) in [6.45, 7) is 7.57. The lowest BCUT2D eigenvalue weighted by atomic mass is 9.85. The maximum Gasteiger partial charge on any atom is 0.345 e. The molecule has 0 amide bonds. The van der Waals surface area contributed by atoms with Gasteiger partial charge in [-0.3, -0.25) is 4.99 Å². The van der Waals surface area contributed by atoms with E-state index in [0.29, 0.717) is 11.5 Å². The first-order chi connectivity index (χ1) is 15.1. The summed E-state index contributed by atoms with van der Waals surface area (Å²) in [6.07, 6.45) is 0. The van der Waals surface area contributed by atoms with Crippen LogP contribution in [0.2, 0.25) is 0 Å². The summed E-state index contributed by atoms with van der Waals surface area (Å²) in [6, 6.07) is 7.04. The molecular formula is C20H27N5O6S2. The Hall–Kier alpha value is -2.90. The zero-order valence-electron chi connectivity index (χ0n) is 19.1. The van der Waals surface area contributed by atoms with E-state index in [-0.39, 0.29) is 22.3 Å². The molecule has 1 aliphatic rings. The summed E-state index contributed by atoms with van der Waals surface area (Å²) >= 11 is 0. The van der Waals surface area contributed by atoms with Crippen LogP contribution in [0.25, 0.3) is 0 Å². The van der Waals surface area contributed by atoms with Gasteiger partial charge < -0.3 is 14.8 Å². The first-order valence-corrected chi connectivity index (χ1v) is 12.8. The highest BCUT2D eigenvalue weighted by Gasteiger charge is 2.34. The molecule has 0 bridgehead atoms. The number of aryl methyl sites for hydroxylation is 1. The van der Waals surface area contributed by atoms with Crippen LogP contribution in [0, 0.1) is 12.3 Å². The zero-order chi connectivity index (χ0) is 24.8. The van der Waals surface area contributed by atoms with Gasteiger partial charge in [-0.25, -0.2) is 17.4 Å². The molecule has 180 valence electrons. The van der Waals surface area contributed by atoms with Crippen LogP contribution in [0.15, 0.2) is 49.0 Å². The Morgan fingerprint density at radius 1 is 1.21 bits per heavy atom. The van der Waals surface area contributed by atoms with Gasteiger partial charge in [-0.2, -0.15) is 8.42 Å². The fourth-order valence-electron chi connectivity index (χ4n) is 3.10. The molecule has 1 aromatic carbocycles. The van der Waals surface area contributed by atoms with Crippen LogP contribution < -0.4 is 10.0 Å². The van der Waals surface area contributed by atoms with Crippen LogP contribution in [-0.2, 0) is 20.2 Å². The third-order valence-electron chi connectivity index (χ3n) is 4.78. The Morgan fingerprint density at radius 2 is 1.88 bits per heavy atom. The molecule has 0 unspecified atom stereocenters. The van der Waals surface area contributed by atoms with Crippen LogP contribution in [-0.4, -0.2) is 52.0 Å². The van der Waals surface area contributed by atoms with E-state index >= 15 is 0 Å². The highest BCUT2D eigenvalue weighted by atomic mass is 32.2. The minimum Gasteiger partial charge on any atom is -0.504 e. The number of amidine groups is 2. The van der Waals surface area contributed by atoms with Crippen molar-refractivity contribution in [2.45, 2.75) is 38.6 Å². The van der Waals surface area contributed by atoms with Gasteiger partial charge in [0.05, 0.1) is 5.69 Å². The summed E-state index contributed by atoms with van der Waals surface area (Å²) in [5.41, 5.74) is -0.498. The van der Waals surface area contributed by atoms with Gasteiger partial charge in [-0.05, 0) is 36.6 Å². The van der Waals surface area contributed by atoms with Gasteiger partial charge in [-0.15, -0.1) is 4.40 Å². The number of para-hydroxylation sites is 1. The van der Waals surface area contributed by atoms with Crippen molar-refractivity contribution in [3.05, 3.63) is 41.9 Å². The Labute approximate surface area is 193 Å². The molecule has 0 radical (unpaired) electrons. The Balaban J connectivity index is 2.06. The molecule has 0 saturated heterocycles. The molecule has 0 saturated carbocycles. The normalized spacial score (nSPS) is 18.3. The van der Waals surface area contributed by atoms with Gasteiger partial charge in [-0.1, -0.05) is 26.8 Å². The van der Waals surface area contributed by atoms with Gasteiger partial charge in [0.25, 0.3) is 0 Å². The van der Waals surface area contributed by atoms with Gasteiger partial charge in [0.1, 0.15) is 22.5 Å².